The topological polar surface area (TPSA) is 55.1 Å². The zero-order chi connectivity index (χ0) is 13.6. The molecule has 0 saturated carbocycles. The van der Waals surface area contributed by atoms with Crippen LogP contribution in [0.4, 0.5) is 0 Å². The molecule has 0 saturated heterocycles. The van der Waals surface area contributed by atoms with E-state index in [0.717, 1.165) is 6.42 Å². The zero-order valence-electron chi connectivity index (χ0n) is 11.6. The number of carbonyl (C=O) groups is 1. The molecule has 3 nitrogen and oxygen atoms in total. The fourth-order valence-electron chi connectivity index (χ4n) is 1.74. The molecule has 0 radical (unpaired) electrons. The lowest BCUT2D eigenvalue weighted by atomic mass is 9.86. The van der Waals surface area contributed by atoms with Crippen molar-refractivity contribution < 1.29 is 4.79 Å². The van der Waals surface area contributed by atoms with E-state index in [1.165, 1.54) is 11.1 Å². The van der Waals surface area contributed by atoms with Gasteiger partial charge in [0.25, 0.3) is 0 Å². The highest BCUT2D eigenvalue weighted by atomic mass is 16.1. The Hall–Kier alpha value is -1.35. The van der Waals surface area contributed by atoms with Crippen LogP contribution < -0.4 is 11.1 Å². The van der Waals surface area contributed by atoms with Gasteiger partial charge >= 0.3 is 0 Å². The maximum absolute atomic E-state index is 11.2. The van der Waals surface area contributed by atoms with Crippen molar-refractivity contribution in [2.45, 2.75) is 39.0 Å². The highest BCUT2D eigenvalue weighted by molar-refractivity contribution is 5.75. The maximum Gasteiger partial charge on any atom is 0.221 e. The van der Waals surface area contributed by atoms with Crippen LogP contribution in [0.15, 0.2) is 24.3 Å². The molecule has 0 aliphatic rings. The molecule has 0 spiro atoms. The minimum atomic E-state index is 0.0313. The predicted molar refractivity (Wildman–Crippen MR) is 75.5 cm³/mol. The smallest absolute Gasteiger partial charge is 0.221 e. The monoisotopic (exact) mass is 248 g/mol. The van der Waals surface area contributed by atoms with Crippen LogP contribution >= 0.6 is 0 Å². The summed E-state index contributed by atoms with van der Waals surface area (Å²) in [5.41, 5.74) is 8.08. The lowest BCUT2D eigenvalue weighted by Crippen LogP contribution is -2.27. The lowest BCUT2D eigenvalue weighted by molar-refractivity contribution is -0.120. The van der Waals surface area contributed by atoms with Crippen molar-refractivity contribution in [1.29, 1.82) is 0 Å². The summed E-state index contributed by atoms with van der Waals surface area (Å²) in [5, 5.41) is 2.86. The van der Waals surface area contributed by atoms with Gasteiger partial charge in [0.2, 0.25) is 5.91 Å². The molecule has 0 fully saturated rings. The molecule has 3 heteroatoms. The first-order valence-electron chi connectivity index (χ1n) is 6.49. The van der Waals surface area contributed by atoms with Crippen molar-refractivity contribution in [2.24, 2.45) is 5.73 Å². The minimum Gasteiger partial charge on any atom is -0.356 e. The Kier molecular flexibility index (Phi) is 5.35. The van der Waals surface area contributed by atoms with Gasteiger partial charge in [-0.3, -0.25) is 4.79 Å². The Bertz CT molecular complexity index is 376. The molecule has 0 atom stereocenters. The lowest BCUT2D eigenvalue weighted by Gasteiger charge is -2.19. The van der Waals surface area contributed by atoms with Crippen molar-refractivity contribution in [2.75, 3.05) is 13.1 Å². The minimum absolute atomic E-state index is 0.0313. The summed E-state index contributed by atoms with van der Waals surface area (Å²) in [6.45, 7) is 7.69. The molecule has 1 amide bonds. The summed E-state index contributed by atoms with van der Waals surface area (Å²) in [6, 6.07) is 8.60. The van der Waals surface area contributed by atoms with Crippen LogP contribution in [0.1, 0.15) is 38.3 Å². The van der Waals surface area contributed by atoms with Crippen molar-refractivity contribution in [1.82, 2.24) is 5.32 Å². The van der Waals surface area contributed by atoms with Gasteiger partial charge in [-0.1, -0.05) is 45.0 Å². The third-order valence-corrected chi connectivity index (χ3v) is 2.93. The van der Waals surface area contributed by atoms with Crippen LogP contribution in [0.25, 0.3) is 0 Å². The van der Waals surface area contributed by atoms with Crippen molar-refractivity contribution in [3.8, 4) is 0 Å². The number of benzene rings is 1. The van der Waals surface area contributed by atoms with Crippen LogP contribution in [0, 0.1) is 0 Å². The molecule has 0 unspecified atom stereocenters. The molecule has 0 aliphatic carbocycles. The van der Waals surface area contributed by atoms with Gasteiger partial charge in [-0.2, -0.15) is 0 Å². The number of hydrogen-bond donors (Lipinski definition) is 2. The fraction of sp³-hybridized carbons (Fsp3) is 0.533. The molecule has 100 valence electrons. The highest BCUT2D eigenvalue weighted by Crippen LogP contribution is 2.22. The molecule has 0 heterocycles. The van der Waals surface area contributed by atoms with Gasteiger partial charge < -0.3 is 11.1 Å². The number of nitrogens with two attached hydrogens (primary N) is 1. The van der Waals surface area contributed by atoms with E-state index >= 15 is 0 Å². The maximum atomic E-state index is 11.2. The van der Waals surface area contributed by atoms with Gasteiger partial charge in [-0.25, -0.2) is 0 Å². The predicted octanol–water partition coefficient (Wildman–Crippen LogP) is 1.99. The second kappa shape index (κ2) is 6.55. The highest BCUT2D eigenvalue weighted by Gasteiger charge is 2.12. The number of nitrogens with one attached hydrogen (secondary N) is 1. The van der Waals surface area contributed by atoms with Gasteiger partial charge in [0, 0.05) is 19.5 Å². The normalized spacial score (nSPS) is 11.3. The van der Waals surface area contributed by atoms with E-state index in [9.17, 15) is 4.79 Å². The largest absolute Gasteiger partial charge is 0.356 e. The molecular formula is C15H24N2O. The van der Waals surface area contributed by atoms with Gasteiger partial charge in [-0.05, 0) is 23.0 Å². The van der Waals surface area contributed by atoms with Crippen LogP contribution in [-0.4, -0.2) is 19.0 Å². The van der Waals surface area contributed by atoms with Crippen molar-refractivity contribution in [3.05, 3.63) is 35.4 Å². The molecule has 0 aromatic heterocycles. The average molecular weight is 248 g/mol. The number of hydrogen-bond acceptors (Lipinski definition) is 2. The molecule has 18 heavy (non-hydrogen) atoms. The Morgan fingerprint density at radius 1 is 1.22 bits per heavy atom. The summed E-state index contributed by atoms with van der Waals surface area (Å²) in [6.07, 6.45) is 1.27. The Morgan fingerprint density at radius 2 is 1.83 bits per heavy atom. The van der Waals surface area contributed by atoms with E-state index in [2.05, 4.69) is 50.4 Å². The first-order chi connectivity index (χ1) is 8.43. The summed E-state index contributed by atoms with van der Waals surface area (Å²) in [5.74, 6) is 0.0313. The number of carbonyl (C=O) groups excluding carboxylic acids is 1. The molecule has 0 aliphatic heterocycles. The molecule has 1 aromatic carbocycles. The standard InChI is InChI=1S/C15H24N2O/c1-15(2,3)13-6-4-12(5-7-13)9-11-17-14(18)8-10-16/h4-7H,8-11,16H2,1-3H3,(H,17,18). The van der Waals surface area contributed by atoms with Gasteiger partial charge in [-0.15, -0.1) is 0 Å². The van der Waals surface area contributed by atoms with Gasteiger partial charge in [0.05, 0.1) is 0 Å². The van der Waals surface area contributed by atoms with Crippen molar-refractivity contribution >= 4 is 5.91 Å². The zero-order valence-corrected chi connectivity index (χ0v) is 11.6. The van der Waals surface area contributed by atoms with E-state index < -0.39 is 0 Å². The molecule has 0 bridgehead atoms. The number of amides is 1. The molecule has 3 N–H and O–H groups in total. The van der Waals surface area contributed by atoms with Gasteiger partial charge in [0.15, 0.2) is 0 Å². The van der Waals surface area contributed by atoms with Gasteiger partial charge in [0.1, 0.15) is 0 Å². The molecule has 1 rings (SSSR count). The summed E-state index contributed by atoms with van der Waals surface area (Å²) in [4.78, 5) is 11.2. The summed E-state index contributed by atoms with van der Waals surface area (Å²) in [7, 11) is 0. The first-order valence-corrected chi connectivity index (χ1v) is 6.49. The molecule has 1 aromatic rings. The number of rotatable bonds is 5. The second-order valence-corrected chi connectivity index (χ2v) is 5.59. The second-order valence-electron chi connectivity index (χ2n) is 5.59. The average Bonchev–Trinajstić information content (AvgIpc) is 2.29. The van der Waals surface area contributed by atoms with E-state index in [-0.39, 0.29) is 11.3 Å². The third-order valence-electron chi connectivity index (χ3n) is 2.93. The SMILES string of the molecule is CC(C)(C)c1ccc(CCNC(=O)CCN)cc1. The summed E-state index contributed by atoms with van der Waals surface area (Å²) >= 11 is 0. The summed E-state index contributed by atoms with van der Waals surface area (Å²) < 4.78 is 0. The van der Waals surface area contributed by atoms with Crippen LogP contribution in [-0.2, 0) is 16.6 Å². The first kappa shape index (κ1) is 14.7. The van der Waals surface area contributed by atoms with Crippen molar-refractivity contribution in [3.63, 3.8) is 0 Å². The fourth-order valence-corrected chi connectivity index (χ4v) is 1.74. The van der Waals surface area contributed by atoms with E-state index in [4.69, 9.17) is 5.73 Å². The van der Waals surface area contributed by atoms with Crippen LogP contribution in [0.3, 0.4) is 0 Å². The molecular weight excluding hydrogens is 224 g/mol. The van der Waals surface area contributed by atoms with Crippen LogP contribution in [0.2, 0.25) is 0 Å². The van der Waals surface area contributed by atoms with E-state index in [1.54, 1.807) is 0 Å². The third kappa shape index (κ3) is 4.88. The Balaban J connectivity index is 2.42. The quantitative estimate of drug-likeness (QED) is 0.837. The Morgan fingerprint density at radius 3 is 2.33 bits per heavy atom. The van der Waals surface area contributed by atoms with E-state index in [1.807, 2.05) is 0 Å². The Labute approximate surface area is 110 Å². The van der Waals surface area contributed by atoms with Crippen LogP contribution in [0.5, 0.6) is 0 Å². The van der Waals surface area contributed by atoms with E-state index in [0.29, 0.717) is 19.5 Å².